The van der Waals surface area contributed by atoms with Crippen molar-refractivity contribution < 1.29 is 19.1 Å². The van der Waals surface area contributed by atoms with Crippen molar-refractivity contribution in [3.8, 4) is 0 Å². The van der Waals surface area contributed by atoms with Gasteiger partial charge in [-0.2, -0.15) is 0 Å². The number of primary amides is 1. The summed E-state index contributed by atoms with van der Waals surface area (Å²) in [7, 11) is 0. The molecule has 29 heavy (non-hydrogen) atoms. The predicted molar refractivity (Wildman–Crippen MR) is 113 cm³/mol. The van der Waals surface area contributed by atoms with E-state index in [2.05, 4.69) is 24.2 Å². The fourth-order valence-corrected chi connectivity index (χ4v) is 3.35. The molecule has 0 aromatic carbocycles. The molecule has 3 N–H and O–H groups in total. The molecule has 1 fully saturated rings. The maximum absolute atomic E-state index is 13.4. The van der Waals surface area contributed by atoms with Crippen LogP contribution < -0.4 is 11.1 Å². The van der Waals surface area contributed by atoms with Crippen LogP contribution in [0, 0.1) is 0 Å². The standard InChI is InChI=1S/C21H38N4O4/c1-6-8-13-21(14-9-7-2)17(27)25(15-11-10-12-16(22)26)18(24-21)23-19(28)29-20(3,4)5/h6-15H2,1-5H3,(H2,22,26)(H,23,24,28). The van der Waals surface area contributed by atoms with Crippen LogP contribution in [0.3, 0.4) is 0 Å². The van der Waals surface area contributed by atoms with E-state index in [1.807, 2.05) is 0 Å². The Morgan fingerprint density at radius 3 is 2.17 bits per heavy atom. The van der Waals surface area contributed by atoms with Crippen LogP contribution in [-0.2, 0) is 14.3 Å². The summed E-state index contributed by atoms with van der Waals surface area (Å²) in [5, 5.41) is 3.27. The SMILES string of the molecule is CCCCC1(CCCC)N/C(=N\C(=O)OC(C)(C)C)N(CCCCC(N)=O)C1=O. The first-order chi connectivity index (χ1) is 13.5. The molecule has 0 radical (unpaired) electrons. The Kier molecular flexibility index (Phi) is 9.59. The summed E-state index contributed by atoms with van der Waals surface area (Å²) < 4.78 is 5.31. The first-order valence-corrected chi connectivity index (χ1v) is 10.7. The van der Waals surface area contributed by atoms with Crippen LogP contribution in [0.25, 0.3) is 0 Å². The Morgan fingerprint density at radius 1 is 1.10 bits per heavy atom. The summed E-state index contributed by atoms with van der Waals surface area (Å²) in [5.74, 6) is -0.171. The summed E-state index contributed by atoms with van der Waals surface area (Å²) in [4.78, 5) is 42.3. The largest absolute Gasteiger partial charge is 0.442 e. The van der Waals surface area contributed by atoms with Gasteiger partial charge in [-0.05, 0) is 46.5 Å². The highest BCUT2D eigenvalue weighted by Crippen LogP contribution is 2.30. The van der Waals surface area contributed by atoms with Gasteiger partial charge in [-0.25, -0.2) is 4.79 Å². The zero-order chi connectivity index (χ0) is 22.1. The highest BCUT2D eigenvalue weighted by atomic mass is 16.6. The van der Waals surface area contributed by atoms with Crippen LogP contribution in [0.4, 0.5) is 4.79 Å². The molecule has 0 aromatic heterocycles. The number of nitrogens with two attached hydrogens (primary N) is 1. The first-order valence-electron chi connectivity index (χ1n) is 10.7. The minimum Gasteiger partial charge on any atom is -0.442 e. The molecular formula is C21H38N4O4. The number of carbonyl (C=O) groups excluding carboxylic acids is 3. The Balaban J connectivity index is 3.09. The predicted octanol–water partition coefficient (Wildman–Crippen LogP) is 3.48. The van der Waals surface area contributed by atoms with E-state index in [1.54, 1.807) is 20.8 Å². The minimum atomic E-state index is -0.740. The lowest BCUT2D eigenvalue weighted by Crippen LogP contribution is -2.47. The molecule has 1 rings (SSSR count). The van der Waals surface area contributed by atoms with E-state index < -0.39 is 17.2 Å². The van der Waals surface area contributed by atoms with Crippen LogP contribution in [0.15, 0.2) is 4.99 Å². The van der Waals surface area contributed by atoms with E-state index in [0.29, 0.717) is 32.2 Å². The Bertz CT molecular complexity index is 602. The van der Waals surface area contributed by atoms with E-state index in [9.17, 15) is 14.4 Å². The van der Waals surface area contributed by atoms with Gasteiger partial charge in [0, 0.05) is 13.0 Å². The average molecular weight is 411 g/mol. The second-order valence-corrected chi connectivity index (χ2v) is 8.71. The average Bonchev–Trinajstić information content (AvgIpc) is 2.85. The van der Waals surface area contributed by atoms with Gasteiger partial charge in [0.15, 0.2) is 0 Å². The normalized spacial score (nSPS) is 17.5. The van der Waals surface area contributed by atoms with Gasteiger partial charge in [0.25, 0.3) is 5.91 Å². The van der Waals surface area contributed by atoms with Gasteiger partial charge in [0.2, 0.25) is 11.9 Å². The number of amides is 3. The number of hydrogen-bond acceptors (Lipinski definition) is 4. The molecule has 8 nitrogen and oxygen atoms in total. The zero-order valence-electron chi connectivity index (χ0n) is 18.7. The number of ether oxygens (including phenoxy) is 1. The van der Waals surface area contributed by atoms with Crippen molar-refractivity contribution in [2.24, 2.45) is 10.7 Å². The summed E-state index contributed by atoms with van der Waals surface area (Å²) >= 11 is 0. The van der Waals surface area contributed by atoms with E-state index >= 15 is 0 Å². The fourth-order valence-electron chi connectivity index (χ4n) is 3.35. The second kappa shape index (κ2) is 11.2. The van der Waals surface area contributed by atoms with Crippen molar-refractivity contribution >= 4 is 23.9 Å². The van der Waals surface area contributed by atoms with Crippen LogP contribution in [0.5, 0.6) is 0 Å². The quantitative estimate of drug-likeness (QED) is 0.506. The van der Waals surface area contributed by atoms with Gasteiger partial charge >= 0.3 is 6.09 Å². The Morgan fingerprint density at radius 2 is 1.69 bits per heavy atom. The zero-order valence-corrected chi connectivity index (χ0v) is 18.7. The molecule has 0 spiro atoms. The molecule has 0 bridgehead atoms. The summed E-state index contributed by atoms with van der Waals surface area (Å²) in [6.45, 7) is 9.86. The van der Waals surface area contributed by atoms with Crippen LogP contribution in [0.2, 0.25) is 0 Å². The lowest BCUT2D eigenvalue weighted by Gasteiger charge is -2.27. The summed E-state index contributed by atoms with van der Waals surface area (Å²) in [6, 6.07) is 0. The third kappa shape index (κ3) is 8.03. The molecule has 0 aliphatic carbocycles. The minimum absolute atomic E-state index is 0.0548. The number of guanidine groups is 1. The molecule has 8 heteroatoms. The molecule has 3 amide bonds. The third-order valence-electron chi connectivity index (χ3n) is 4.82. The van der Waals surface area contributed by atoms with Crippen molar-refractivity contribution in [2.75, 3.05) is 6.54 Å². The maximum atomic E-state index is 13.4. The number of unbranched alkanes of at least 4 members (excludes halogenated alkanes) is 3. The number of aliphatic imine (C=N–C) groups is 1. The smallest absolute Gasteiger partial charge is 0.437 e. The first kappa shape index (κ1) is 24.9. The van der Waals surface area contributed by atoms with E-state index in [4.69, 9.17) is 10.5 Å². The number of carbonyl (C=O) groups is 3. The topological polar surface area (TPSA) is 114 Å². The molecule has 1 heterocycles. The monoisotopic (exact) mass is 410 g/mol. The molecule has 166 valence electrons. The summed E-state index contributed by atoms with van der Waals surface area (Å²) in [5.41, 5.74) is 3.79. The van der Waals surface area contributed by atoms with Crippen molar-refractivity contribution in [1.29, 1.82) is 0 Å². The summed E-state index contributed by atoms with van der Waals surface area (Å²) in [6.07, 6.45) is 5.84. The molecule has 0 atom stereocenters. The van der Waals surface area contributed by atoms with Gasteiger partial charge in [-0.1, -0.05) is 39.5 Å². The number of nitrogens with one attached hydrogen (secondary N) is 1. The van der Waals surface area contributed by atoms with Crippen LogP contribution >= 0.6 is 0 Å². The lowest BCUT2D eigenvalue weighted by atomic mass is 9.87. The van der Waals surface area contributed by atoms with Crippen molar-refractivity contribution in [3.05, 3.63) is 0 Å². The molecule has 1 aliphatic heterocycles. The van der Waals surface area contributed by atoms with Gasteiger partial charge in [0.1, 0.15) is 11.1 Å². The number of rotatable bonds is 11. The van der Waals surface area contributed by atoms with Crippen LogP contribution in [-0.4, -0.2) is 46.5 Å². The fraction of sp³-hybridized carbons (Fsp3) is 0.810. The Hall–Kier alpha value is -2.12. The number of hydrogen-bond donors (Lipinski definition) is 2. The lowest BCUT2D eigenvalue weighted by molar-refractivity contribution is -0.131. The van der Waals surface area contributed by atoms with E-state index in [0.717, 1.165) is 25.7 Å². The molecule has 0 aromatic rings. The highest BCUT2D eigenvalue weighted by molar-refractivity contribution is 6.11. The second-order valence-electron chi connectivity index (χ2n) is 8.71. The Labute approximate surface area is 174 Å². The maximum Gasteiger partial charge on any atom is 0.437 e. The van der Waals surface area contributed by atoms with Crippen molar-refractivity contribution in [1.82, 2.24) is 10.2 Å². The molecular weight excluding hydrogens is 372 g/mol. The van der Waals surface area contributed by atoms with Gasteiger partial charge in [-0.15, -0.1) is 4.99 Å². The van der Waals surface area contributed by atoms with Gasteiger partial charge < -0.3 is 15.8 Å². The van der Waals surface area contributed by atoms with E-state index in [1.165, 1.54) is 4.90 Å². The van der Waals surface area contributed by atoms with Crippen molar-refractivity contribution in [2.45, 2.75) is 104 Å². The molecule has 1 aliphatic rings. The van der Waals surface area contributed by atoms with Crippen LogP contribution in [0.1, 0.15) is 92.4 Å². The van der Waals surface area contributed by atoms with Crippen molar-refractivity contribution in [3.63, 3.8) is 0 Å². The highest BCUT2D eigenvalue weighted by Gasteiger charge is 2.48. The van der Waals surface area contributed by atoms with Gasteiger partial charge in [0.05, 0.1) is 0 Å². The van der Waals surface area contributed by atoms with E-state index in [-0.39, 0.29) is 24.2 Å². The third-order valence-corrected chi connectivity index (χ3v) is 4.82. The van der Waals surface area contributed by atoms with Gasteiger partial charge in [-0.3, -0.25) is 14.5 Å². The molecule has 1 saturated heterocycles. The number of nitrogens with zero attached hydrogens (tertiary/aromatic N) is 2. The molecule has 0 saturated carbocycles. The molecule has 0 unspecified atom stereocenters.